The van der Waals surface area contributed by atoms with Crippen molar-refractivity contribution < 1.29 is 27.7 Å². The highest BCUT2D eigenvalue weighted by atomic mass is 32.2. The van der Waals surface area contributed by atoms with E-state index in [1.165, 1.54) is 39.4 Å². The summed E-state index contributed by atoms with van der Waals surface area (Å²) >= 11 is 0.797. The van der Waals surface area contributed by atoms with Gasteiger partial charge in [-0.15, -0.1) is 11.8 Å². The summed E-state index contributed by atoms with van der Waals surface area (Å²) in [5.41, 5.74) is 1.19. The molecule has 2 amide bonds. The molecule has 0 bridgehead atoms. The third kappa shape index (κ3) is 7.88. The lowest BCUT2D eigenvalue weighted by atomic mass is 10.0. The van der Waals surface area contributed by atoms with Gasteiger partial charge in [-0.2, -0.15) is 19.0 Å². The molecule has 1 N–H and O–H groups in total. The molecule has 6 rings (SSSR count). The van der Waals surface area contributed by atoms with Crippen LogP contribution in [0.2, 0.25) is 0 Å². The van der Waals surface area contributed by atoms with Crippen LogP contribution in [0.15, 0.2) is 53.9 Å². The first-order chi connectivity index (χ1) is 22.6. The summed E-state index contributed by atoms with van der Waals surface area (Å²) in [6, 6.07) is 6.90. The maximum atomic E-state index is 13.5. The summed E-state index contributed by atoms with van der Waals surface area (Å²) in [6.07, 6.45) is 7.78. The van der Waals surface area contributed by atoms with Crippen molar-refractivity contribution >= 4 is 46.1 Å². The van der Waals surface area contributed by atoms with E-state index in [2.05, 4.69) is 25.4 Å². The highest BCUT2D eigenvalue weighted by Gasteiger charge is 2.31. The number of nitrogens with one attached hydrogen (secondary N) is 1. The lowest BCUT2D eigenvalue weighted by Gasteiger charge is -2.40. The quantitative estimate of drug-likeness (QED) is 0.194. The van der Waals surface area contributed by atoms with E-state index in [0.717, 1.165) is 30.8 Å². The maximum Gasteiger partial charge on any atom is 0.387 e. The molecular formula is C31H36F2N8O4S2. The zero-order chi connectivity index (χ0) is 33.1. The van der Waals surface area contributed by atoms with E-state index < -0.39 is 23.7 Å². The van der Waals surface area contributed by atoms with E-state index in [9.17, 15) is 22.9 Å². The first-order valence-corrected chi connectivity index (χ1v) is 17.8. The van der Waals surface area contributed by atoms with Gasteiger partial charge in [0.25, 0.3) is 5.91 Å². The SMILES string of the molecule is CC(C)Sc1ccc(OC(F)F)c(-c2nn(CC(=O)N3CCC(N4CC[S+]([O-])CC4)CC3)cc2NC(=O)c2cnn3cccnc23)c1. The van der Waals surface area contributed by atoms with Gasteiger partial charge in [0, 0.05) is 66.5 Å². The van der Waals surface area contributed by atoms with Crippen molar-refractivity contribution in [3.8, 4) is 17.0 Å². The lowest BCUT2D eigenvalue weighted by Crippen LogP contribution is -2.51. The van der Waals surface area contributed by atoms with Crippen LogP contribution in [0.25, 0.3) is 16.9 Å². The molecule has 2 saturated heterocycles. The summed E-state index contributed by atoms with van der Waals surface area (Å²) < 4.78 is 46.6. The molecule has 2 fully saturated rings. The molecule has 4 aromatic rings. The minimum absolute atomic E-state index is 0.110. The van der Waals surface area contributed by atoms with Crippen LogP contribution in [-0.4, -0.2) is 106 Å². The molecule has 12 nitrogen and oxygen atoms in total. The van der Waals surface area contributed by atoms with Crippen LogP contribution >= 0.6 is 11.8 Å². The number of rotatable bonds is 10. The summed E-state index contributed by atoms with van der Waals surface area (Å²) in [5.74, 6) is 0.600. The number of carbonyl (C=O) groups is 2. The molecule has 0 atom stereocenters. The van der Waals surface area contributed by atoms with Crippen LogP contribution < -0.4 is 10.1 Å². The van der Waals surface area contributed by atoms with Gasteiger partial charge >= 0.3 is 6.61 Å². The number of amides is 2. The van der Waals surface area contributed by atoms with Crippen molar-refractivity contribution in [2.24, 2.45) is 0 Å². The first kappa shape index (κ1) is 33.2. The van der Waals surface area contributed by atoms with Crippen molar-refractivity contribution in [3.05, 3.63) is 54.6 Å². The van der Waals surface area contributed by atoms with Crippen molar-refractivity contribution in [1.29, 1.82) is 0 Å². The Kier molecular flexibility index (Phi) is 10.3. The first-order valence-electron chi connectivity index (χ1n) is 15.4. The number of piperidine rings is 1. The number of ether oxygens (including phenoxy) is 1. The molecule has 0 radical (unpaired) electrons. The van der Waals surface area contributed by atoms with Gasteiger partial charge in [0.1, 0.15) is 35.1 Å². The second-order valence-corrected chi connectivity index (χ2v) is 15.0. The molecule has 5 heterocycles. The number of fused-ring (bicyclic) bond motifs is 1. The number of hydrogen-bond donors (Lipinski definition) is 1. The minimum Gasteiger partial charge on any atom is -0.616 e. The Morgan fingerprint density at radius 1 is 1.17 bits per heavy atom. The van der Waals surface area contributed by atoms with Crippen LogP contribution in [0.4, 0.5) is 14.5 Å². The average molecular weight is 687 g/mol. The fourth-order valence-electron chi connectivity index (χ4n) is 5.94. The fraction of sp³-hybridized carbons (Fsp3) is 0.452. The summed E-state index contributed by atoms with van der Waals surface area (Å²) in [6.45, 7) is 3.64. The molecule has 0 saturated carbocycles. The Balaban J connectivity index is 1.27. The van der Waals surface area contributed by atoms with Gasteiger partial charge in [-0.25, -0.2) is 9.50 Å². The fourth-order valence-corrected chi connectivity index (χ4v) is 7.90. The van der Waals surface area contributed by atoms with E-state index in [4.69, 9.17) is 4.74 Å². The molecule has 47 heavy (non-hydrogen) atoms. The number of alkyl halides is 2. The molecule has 0 spiro atoms. The highest BCUT2D eigenvalue weighted by Crippen LogP contribution is 2.39. The average Bonchev–Trinajstić information content (AvgIpc) is 3.66. The summed E-state index contributed by atoms with van der Waals surface area (Å²) in [5, 5.41) is 11.9. The van der Waals surface area contributed by atoms with Gasteiger partial charge < -0.3 is 19.5 Å². The third-order valence-corrected chi connectivity index (χ3v) is 10.4. The number of nitrogens with zero attached hydrogens (tertiary/aromatic N) is 7. The van der Waals surface area contributed by atoms with Crippen molar-refractivity contribution in [2.75, 3.05) is 43.0 Å². The van der Waals surface area contributed by atoms with Gasteiger partial charge in [-0.05, 0) is 37.1 Å². The molecule has 16 heteroatoms. The van der Waals surface area contributed by atoms with Gasteiger partial charge in [-0.1, -0.05) is 25.0 Å². The number of hydrogen-bond acceptors (Lipinski definition) is 9. The Morgan fingerprint density at radius 3 is 2.66 bits per heavy atom. The number of anilines is 1. The van der Waals surface area contributed by atoms with Gasteiger partial charge in [0.05, 0.1) is 11.9 Å². The predicted octanol–water partition coefficient (Wildman–Crippen LogP) is 4.00. The number of likely N-dealkylation sites (tertiary alicyclic amines) is 1. The largest absolute Gasteiger partial charge is 0.616 e. The predicted molar refractivity (Wildman–Crippen MR) is 175 cm³/mol. The molecule has 250 valence electrons. The normalized spacial score (nSPS) is 16.8. The molecule has 0 unspecified atom stereocenters. The number of carbonyl (C=O) groups excluding carboxylic acids is 2. The molecular weight excluding hydrogens is 651 g/mol. The summed E-state index contributed by atoms with van der Waals surface area (Å²) in [7, 11) is 0. The molecule has 2 aliphatic rings. The van der Waals surface area contributed by atoms with Crippen LogP contribution in [0.3, 0.4) is 0 Å². The van der Waals surface area contributed by atoms with Gasteiger partial charge in [-0.3, -0.25) is 19.2 Å². The standard InChI is InChI=1S/C31H36F2N8O4S2/c1-20(2)46-22-4-5-26(45-31(32)33)23(16-22)28-25(36-30(43)24-17-35-41-9-3-8-34-29(24)41)18-40(37-28)19-27(42)39-10-6-21(7-11-39)38-12-14-47(44)15-13-38/h3-5,8-9,16-18,20-21,31H,6-7,10-15,19H2,1-2H3,(H,36,43). The van der Waals surface area contributed by atoms with Crippen LogP contribution in [0.5, 0.6) is 5.75 Å². The second-order valence-electron chi connectivity index (χ2n) is 11.7. The monoisotopic (exact) mass is 686 g/mol. The number of halogens is 2. The number of benzene rings is 1. The smallest absolute Gasteiger partial charge is 0.387 e. The minimum atomic E-state index is -3.08. The lowest BCUT2D eigenvalue weighted by molar-refractivity contribution is -0.133. The van der Waals surface area contributed by atoms with Crippen LogP contribution in [0, 0.1) is 0 Å². The number of thioether (sulfide) groups is 1. The Labute approximate surface area is 278 Å². The van der Waals surface area contributed by atoms with E-state index in [1.54, 1.807) is 35.5 Å². The maximum absolute atomic E-state index is 13.5. The Morgan fingerprint density at radius 2 is 1.94 bits per heavy atom. The molecule has 1 aromatic carbocycles. The third-order valence-electron chi connectivity index (χ3n) is 8.17. The molecule has 2 aliphatic heterocycles. The van der Waals surface area contributed by atoms with Crippen molar-refractivity contribution in [2.45, 2.75) is 56.0 Å². The zero-order valence-corrected chi connectivity index (χ0v) is 27.7. The van der Waals surface area contributed by atoms with Crippen molar-refractivity contribution in [1.82, 2.24) is 34.2 Å². The Hall–Kier alpha value is -3.73. The number of aromatic nitrogens is 5. The van der Waals surface area contributed by atoms with Crippen molar-refractivity contribution in [3.63, 3.8) is 0 Å². The van der Waals surface area contributed by atoms with E-state index in [1.807, 2.05) is 13.8 Å². The molecule has 3 aromatic heterocycles. The topological polar surface area (TPSA) is 133 Å². The van der Waals surface area contributed by atoms with Crippen LogP contribution in [-0.2, 0) is 22.5 Å². The van der Waals surface area contributed by atoms with E-state index in [-0.39, 0.29) is 46.0 Å². The van der Waals surface area contributed by atoms with Crippen LogP contribution in [0.1, 0.15) is 37.0 Å². The Bertz CT molecular complexity index is 1720. The second kappa shape index (κ2) is 14.6. The highest BCUT2D eigenvalue weighted by molar-refractivity contribution is 7.99. The van der Waals surface area contributed by atoms with E-state index in [0.29, 0.717) is 36.3 Å². The van der Waals surface area contributed by atoms with Gasteiger partial charge in [0.15, 0.2) is 5.65 Å². The molecule has 0 aliphatic carbocycles. The summed E-state index contributed by atoms with van der Waals surface area (Å²) in [4.78, 5) is 36.2. The zero-order valence-electron chi connectivity index (χ0n) is 26.1. The van der Waals surface area contributed by atoms with E-state index >= 15 is 0 Å². The van der Waals surface area contributed by atoms with Gasteiger partial charge in [0.2, 0.25) is 5.91 Å².